The van der Waals surface area contributed by atoms with Gasteiger partial charge in [0.05, 0.1) is 11.0 Å². The average Bonchev–Trinajstić information content (AvgIpc) is 3.63. The van der Waals surface area contributed by atoms with Crippen LogP contribution in [0.2, 0.25) is 0 Å². The van der Waals surface area contributed by atoms with Gasteiger partial charge in [0.15, 0.2) is 17.5 Å². The molecule has 266 valence electrons. The van der Waals surface area contributed by atoms with Gasteiger partial charge in [-0.2, -0.15) is 0 Å². The second kappa shape index (κ2) is 13.5. The topological polar surface area (TPSA) is 56.5 Å². The molecule has 0 saturated heterocycles. The number of hydrogen-bond donors (Lipinski definition) is 0. The van der Waals surface area contributed by atoms with E-state index in [2.05, 4.69) is 168 Å². The fourth-order valence-electron chi connectivity index (χ4n) is 8.13. The minimum absolute atomic E-state index is 0.509. The van der Waals surface area contributed by atoms with Gasteiger partial charge < -0.3 is 0 Å². The van der Waals surface area contributed by atoms with Crippen molar-refractivity contribution in [1.82, 2.24) is 24.5 Å². The van der Waals surface area contributed by atoms with Gasteiger partial charge in [0.1, 0.15) is 11.5 Å². The lowest BCUT2D eigenvalue weighted by Crippen LogP contribution is -2.03. The van der Waals surface area contributed by atoms with E-state index in [0.29, 0.717) is 23.2 Å². The first-order chi connectivity index (χ1) is 28.2. The zero-order valence-electron chi connectivity index (χ0n) is 30.8. The van der Waals surface area contributed by atoms with E-state index in [9.17, 15) is 0 Å². The van der Waals surface area contributed by atoms with Crippen LogP contribution in [-0.2, 0) is 0 Å². The predicted molar refractivity (Wildman–Crippen MR) is 234 cm³/mol. The minimum atomic E-state index is 0.509. The SMILES string of the molecule is c1ccc(-c2ccc3c4c5ccccc5c(-c5ccccc5)cc4n(-c4cccc(-c5nc(-c6ccccc6)nc(-c6ccc7ccccc7c6)n5)n4)c3c2)cc1. The van der Waals surface area contributed by atoms with Crippen LogP contribution in [0.5, 0.6) is 0 Å². The Morgan fingerprint density at radius 1 is 0.316 bits per heavy atom. The lowest BCUT2D eigenvalue weighted by molar-refractivity contribution is 1.03. The maximum absolute atomic E-state index is 5.40. The van der Waals surface area contributed by atoms with Gasteiger partial charge in [-0.15, -0.1) is 0 Å². The van der Waals surface area contributed by atoms with Crippen LogP contribution in [0.25, 0.3) is 106 Å². The summed E-state index contributed by atoms with van der Waals surface area (Å²) in [6.45, 7) is 0. The maximum Gasteiger partial charge on any atom is 0.182 e. The number of fused-ring (bicyclic) bond motifs is 6. The van der Waals surface area contributed by atoms with Gasteiger partial charge in [-0.25, -0.2) is 19.9 Å². The van der Waals surface area contributed by atoms with E-state index < -0.39 is 0 Å². The van der Waals surface area contributed by atoms with Gasteiger partial charge in [0.25, 0.3) is 0 Å². The highest BCUT2D eigenvalue weighted by Gasteiger charge is 2.21. The van der Waals surface area contributed by atoms with Crippen molar-refractivity contribution in [2.75, 3.05) is 0 Å². The highest BCUT2D eigenvalue weighted by Crippen LogP contribution is 2.42. The summed E-state index contributed by atoms with van der Waals surface area (Å²) in [6.07, 6.45) is 0. The summed E-state index contributed by atoms with van der Waals surface area (Å²) in [7, 11) is 0. The van der Waals surface area contributed by atoms with Crippen LogP contribution >= 0.6 is 0 Å². The molecular weight excluding hydrogens is 695 g/mol. The molecule has 0 bridgehead atoms. The van der Waals surface area contributed by atoms with Gasteiger partial charge in [0.2, 0.25) is 0 Å². The molecule has 0 spiro atoms. The number of aromatic nitrogens is 5. The first kappa shape index (κ1) is 32.7. The molecule has 3 aromatic heterocycles. The van der Waals surface area contributed by atoms with Gasteiger partial charge >= 0.3 is 0 Å². The van der Waals surface area contributed by atoms with Crippen LogP contribution in [0.15, 0.2) is 200 Å². The lowest BCUT2D eigenvalue weighted by atomic mass is 9.94. The van der Waals surface area contributed by atoms with Crippen LogP contribution in [0.4, 0.5) is 0 Å². The summed E-state index contributed by atoms with van der Waals surface area (Å²) in [5, 5.41) is 7.06. The first-order valence-electron chi connectivity index (χ1n) is 19.1. The fourth-order valence-corrected chi connectivity index (χ4v) is 8.13. The molecule has 57 heavy (non-hydrogen) atoms. The standard InChI is InChI=1S/C52H33N5/c1-4-15-34(16-5-1)39-29-30-43-46(32-39)57(47-33-44(36-18-6-2-7-19-36)41-23-12-13-24-42(41)49(43)47)48-26-14-25-45(53-48)52-55-50(37-20-8-3-9-21-37)54-51(56-52)40-28-27-35-17-10-11-22-38(35)31-40/h1-33H. The summed E-state index contributed by atoms with van der Waals surface area (Å²) in [4.78, 5) is 20.6. The Balaban J connectivity index is 1.17. The van der Waals surface area contributed by atoms with Crippen LogP contribution in [-0.4, -0.2) is 24.5 Å². The van der Waals surface area contributed by atoms with Crippen LogP contribution in [0.3, 0.4) is 0 Å². The first-order valence-corrected chi connectivity index (χ1v) is 19.1. The monoisotopic (exact) mass is 727 g/mol. The number of rotatable bonds is 6. The average molecular weight is 728 g/mol. The quantitative estimate of drug-likeness (QED) is 0.171. The Kier molecular flexibility index (Phi) is 7.74. The summed E-state index contributed by atoms with van der Waals surface area (Å²) in [5.41, 5.74) is 9.28. The van der Waals surface area contributed by atoms with Crippen molar-refractivity contribution in [3.63, 3.8) is 0 Å². The Morgan fingerprint density at radius 3 is 1.70 bits per heavy atom. The molecule has 0 aliphatic carbocycles. The highest BCUT2D eigenvalue weighted by atomic mass is 15.1. The smallest absolute Gasteiger partial charge is 0.182 e. The number of pyridine rings is 1. The van der Waals surface area contributed by atoms with E-state index in [4.69, 9.17) is 19.9 Å². The summed E-state index contributed by atoms with van der Waals surface area (Å²) in [5.74, 6) is 2.48. The molecule has 0 unspecified atom stereocenters. The molecule has 3 heterocycles. The molecule has 5 heteroatoms. The Morgan fingerprint density at radius 2 is 0.930 bits per heavy atom. The molecule has 11 rings (SSSR count). The van der Waals surface area contributed by atoms with Crippen molar-refractivity contribution in [2.45, 2.75) is 0 Å². The van der Waals surface area contributed by atoms with E-state index in [1.807, 2.05) is 36.4 Å². The summed E-state index contributed by atoms with van der Waals surface area (Å²) < 4.78 is 2.31. The minimum Gasteiger partial charge on any atom is -0.294 e. The third kappa shape index (κ3) is 5.72. The van der Waals surface area contributed by atoms with Gasteiger partial charge in [-0.3, -0.25) is 4.57 Å². The molecule has 11 aromatic rings. The van der Waals surface area contributed by atoms with E-state index in [0.717, 1.165) is 55.3 Å². The zero-order valence-corrected chi connectivity index (χ0v) is 30.8. The number of nitrogens with zero attached hydrogens (tertiary/aromatic N) is 5. The van der Waals surface area contributed by atoms with E-state index in [-0.39, 0.29) is 0 Å². The second-order valence-corrected chi connectivity index (χ2v) is 14.3. The molecule has 0 aliphatic heterocycles. The molecular formula is C52H33N5. The molecule has 0 fully saturated rings. The number of hydrogen-bond acceptors (Lipinski definition) is 4. The van der Waals surface area contributed by atoms with E-state index >= 15 is 0 Å². The van der Waals surface area contributed by atoms with Crippen molar-refractivity contribution in [2.24, 2.45) is 0 Å². The second-order valence-electron chi connectivity index (χ2n) is 14.3. The summed E-state index contributed by atoms with van der Waals surface area (Å²) >= 11 is 0. The molecule has 0 saturated carbocycles. The van der Waals surface area contributed by atoms with Crippen molar-refractivity contribution in [3.8, 4) is 62.4 Å². The van der Waals surface area contributed by atoms with Gasteiger partial charge in [0, 0.05) is 21.9 Å². The molecule has 0 N–H and O–H groups in total. The van der Waals surface area contributed by atoms with E-state index in [1.54, 1.807) is 0 Å². The Hall–Kier alpha value is -7.76. The van der Waals surface area contributed by atoms with Crippen molar-refractivity contribution >= 4 is 43.4 Å². The van der Waals surface area contributed by atoms with Crippen LogP contribution in [0, 0.1) is 0 Å². The Bertz CT molecular complexity index is 3280. The molecule has 5 nitrogen and oxygen atoms in total. The summed E-state index contributed by atoms with van der Waals surface area (Å²) in [6, 6.07) is 70.0. The largest absolute Gasteiger partial charge is 0.294 e. The zero-order chi connectivity index (χ0) is 37.7. The third-order valence-corrected chi connectivity index (χ3v) is 10.8. The van der Waals surface area contributed by atoms with Crippen LogP contribution < -0.4 is 0 Å². The predicted octanol–water partition coefficient (Wildman–Crippen LogP) is 13.0. The number of benzene rings is 8. The van der Waals surface area contributed by atoms with Crippen molar-refractivity contribution < 1.29 is 0 Å². The van der Waals surface area contributed by atoms with Gasteiger partial charge in [-0.1, -0.05) is 170 Å². The molecule has 0 radical (unpaired) electrons. The molecule has 0 atom stereocenters. The normalized spacial score (nSPS) is 11.5. The Labute approximate surface area is 329 Å². The molecule has 0 aliphatic rings. The van der Waals surface area contributed by atoms with E-state index in [1.165, 1.54) is 27.3 Å². The lowest BCUT2D eigenvalue weighted by Gasteiger charge is -2.13. The highest BCUT2D eigenvalue weighted by molar-refractivity contribution is 6.24. The molecule has 8 aromatic carbocycles. The van der Waals surface area contributed by atoms with Gasteiger partial charge in [-0.05, 0) is 74.1 Å². The van der Waals surface area contributed by atoms with Crippen molar-refractivity contribution in [1.29, 1.82) is 0 Å². The molecule has 0 amide bonds. The maximum atomic E-state index is 5.40. The fraction of sp³-hybridized carbons (Fsp3) is 0. The van der Waals surface area contributed by atoms with Crippen molar-refractivity contribution in [3.05, 3.63) is 200 Å². The van der Waals surface area contributed by atoms with Crippen LogP contribution in [0.1, 0.15) is 0 Å². The third-order valence-electron chi connectivity index (χ3n) is 10.8.